The quantitative estimate of drug-likeness (QED) is 0.716. The number of aryl methyl sites for hydroxylation is 1. The van der Waals surface area contributed by atoms with Crippen molar-refractivity contribution in [3.63, 3.8) is 0 Å². The predicted molar refractivity (Wildman–Crippen MR) is 73.7 cm³/mol. The van der Waals surface area contributed by atoms with E-state index >= 15 is 0 Å². The van der Waals surface area contributed by atoms with Crippen LogP contribution in [0.25, 0.3) is 0 Å². The van der Waals surface area contributed by atoms with Gasteiger partial charge in [0.25, 0.3) is 0 Å². The van der Waals surface area contributed by atoms with Crippen LogP contribution in [0.3, 0.4) is 0 Å². The molecular formula is C14H24N2O. The Morgan fingerprint density at radius 2 is 2.18 bits per heavy atom. The van der Waals surface area contributed by atoms with Gasteiger partial charge >= 0.3 is 0 Å². The highest BCUT2D eigenvalue weighted by Crippen LogP contribution is 2.21. The lowest BCUT2D eigenvalue weighted by molar-refractivity contribution is 0.338. The van der Waals surface area contributed by atoms with Gasteiger partial charge in [-0.2, -0.15) is 0 Å². The van der Waals surface area contributed by atoms with E-state index < -0.39 is 0 Å². The molecule has 17 heavy (non-hydrogen) atoms. The fourth-order valence-electron chi connectivity index (χ4n) is 1.73. The second-order valence-electron chi connectivity index (χ2n) is 4.46. The molecule has 1 aromatic carbocycles. The van der Waals surface area contributed by atoms with Gasteiger partial charge in [0.1, 0.15) is 5.75 Å². The van der Waals surface area contributed by atoms with E-state index in [0.717, 1.165) is 30.8 Å². The number of rotatable bonds is 7. The molecule has 0 fully saturated rings. The molecule has 0 saturated carbocycles. The molecule has 0 aliphatic carbocycles. The van der Waals surface area contributed by atoms with Gasteiger partial charge in [0.05, 0.1) is 6.61 Å². The molecule has 1 rings (SSSR count). The first-order chi connectivity index (χ1) is 8.13. The van der Waals surface area contributed by atoms with Crippen LogP contribution in [0.5, 0.6) is 5.75 Å². The molecule has 1 unspecified atom stereocenters. The van der Waals surface area contributed by atoms with Crippen LogP contribution in [0.4, 0.5) is 5.69 Å². The molecule has 1 atom stereocenters. The summed E-state index contributed by atoms with van der Waals surface area (Å²) in [6.45, 7) is 7.79. The van der Waals surface area contributed by atoms with E-state index in [1.165, 1.54) is 5.56 Å². The third-order valence-corrected chi connectivity index (χ3v) is 2.64. The number of benzene rings is 1. The van der Waals surface area contributed by atoms with Crippen molar-refractivity contribution in [2.24, 2.45) is 5.73 Å². The van der Waals surface area contributed by atoms with Gasteiger partial charge in [-0.15, -0.1) is 0 Å². The maximum atomic E-state index is 5.70. The Morgan fingerprint density at radius 1 is 1.41 bits per heavy atom. The summed E-state index contributed by atoms with van der Waals surface area (Å²) in [7, 11) is 0. The van der Waals surface area contributed by atoms with Gasteiger partial charge in [0.2, 0.25) is 0 Å². The van der Waals surface area contributed by atoms with Gasteiger partial charge in [-0.05, 0) is 57.4 Å². The number of nitrogens with two attached hydrogens (primary N) is 1. The van der Waals surface area contributed by atoms with Crippen molar-refractivity contribution >= 4 is 5.69 Å². The highest BCUT2D eigenvalue weighted by Gasteiger charge is 2.00. The minimum atomic E-state index is 0.291. The summed E-state index contributed by atoms with van der Waals surface area (Å²) >= 11 is 0. The van der Waals surface area contributed by atoms with Crippen LogP contribution >= 0.6 is 0 Å². The molecule has 0 heterocycles. The van der Waals surface area contributed by atoms with E-state index in [1.54, 1.807) is 0 Å². The van der Waals surface area contributed by atoms with Gasteiger partial charge in [-0.25, -0.2) is 0 Å². The van der Waals surface area contributed by atoms with Crippen LogP contribution in [0, 0.1) is 6.92 Å². The summed E-state index contributed by atoms with van der Waals surface area (Å²) in [5.41, 5.74) is 8.02. The monoisotopic (exact) mass is 236 g/mol. The highest BCUT2D eigenvalue weighted by atomic mass is 16.5. The van der Waals surface area contributed by atoms with Crippen molar-refractivity contribution in [2.45, 2.75) is 39.7 Å². The summed E-state index contributed by atoms with van der Waals surface area (Å²) in [5, 5.41) is 3.40. The minimum absolute atomic E-state index is 0.291. The first kappa shape index (κ1) is 13.8. The lowest BCUT2D eigenvalue weighted by Crippen LogP contribution is -2.16. The minimum Gasteiger partial charge on any atom is -0.494 e. The zero-order valence-corrected chi connectivity index (χ0v) is 11.1. The second-order valence-corrected chi connectivity index (χ2v) is 4.46. The topological polar surface area (TPSA) is 47.3 Å². The molecule has 3 heteroatoms. The predicted octanol–water partition coefficient (Wildman–Crippen LogP) is 2.93. The van der Waals surface area contributed by atoms with Crippen molar-refractivity contribution in [1.82, 2.24) is 0 Å². The molecule has 96 valence electrons. The Labute approximate surface area is 104 Å². The molecule has 0 amide bonds. The maximum absolute atomic E-state index is 5.70. The smallest absolute Gasteiger partial charge is 0.122 e. The molecule has 0 saturated heterocycles. The van der Waals surface area contributed by atoms with Gasteiger partial charge in [0.15, 0.2) is 0 Å². The van der Waals surface area contributed by atoms with Crippen LogP contribution in [-0.4, -0.2) is 19.2 Å². The van der Waals surface area contributed by atoms with Gasteiger partial charge in [-0.3, -0.25) is 0 Å². The van der Waals surface area contributed by atoms with E-state index in [2.05, 4.69) is 24.4 Å². The van der Waals surface area contributed by atoms with Crippen LogP contribution in [0.15, 0.2) is 18.2 Å². The highest BCUT2D eigenvalue weighted by molar-refractivity contribution is 5.50. The lowest BCUT2D eigenvalue weighted by Gasteiger charge is -2.11. The van der Waals surface area contributed by atoms with Crippen LogP contribution in [0.1, 0.15) is 32.3 Å². The average molecular weight is 236 g/mol. The molecule has 3 nitrogen and oxygen atoms in total. The first-order valence-electron chi connectivity index (χ1n) is 6.36. The summed E-state index contributed by atoms with van der Waals surface area (Å²) in [6.07, 6.45) is 2.16. The Bertz CT molecular complexity index is 337. The number of ether oxygens (including phenoxy) is 1. The molecule has 0 radical (unpaired) electrons. The van der Waals surface area contributed by atoms with E-state index in [4.69, 9.17) is 10.5 Å². The first-order valence-corrected chi connectivity index (χ1v) is 6.36. The van der Waals surface area contributed by atoms with E-state index in [1.807, 2.05) is 19.9 Å². The van der Waals surface area contributed by atoms with Crippen molar-refractivity contribution < 1.29 is 4.74 Å². The van der Waals surface area contributed by atoms with Crippen molar-refractivity contribution in [3.8, 4) is 5.75 Å². The molecule has 3 N–H and O–H groups in total. The standard InChI is InChI=1S/C14H24N2O/c1-4-17-14-8-7-13(10-11(14)2)16-9-5-6-12(3)15/h7-8,10,12,16H,4-6,9,15H2,1-3H3. The van der Waals surface area contributed by atoms with Crippen LogP contribution in [-0.2, 0) is 0 Å². The van der Waals surface area contributed by atoms with E-state index in [9.17, 15) is 0 Å². The van der Waals surface area contributed by atoms with Crippen molar-refractivity contribution in [3.05, 3.63) is 23.8 Å². The molecule has 0 aliphatic rings. The molecule has 0 aromatic heterocycles. The van der Waals surface area contributed by atoms with Crippen LogP contribution < -0.4 is 15.8 Å². The van der Waals surface area contributed by atoms with Gasteiger partial charge in [0, 0.05) is 18.3 Å². The molecular weight excluding hydrogens is 212 g/mol. The fourth-order valence-corrected chi connectivity index (χ4v) is 1.73. The Morgan fingerprint density at radius 3 is 2.76 bits per heavy atom. The van der Waals surface area contributed by atoms with Crippen molar-refractivity contribution in [1.29, 1.82) is 0 Å². The fraction of sp³-hybridized carbons (Fsp3) is 0.571. The second kappa shape index (κ2) is 7.17. The zero-order valence-electron chi connectivity index (χ0n) is 11.1. The zero-order chi connectivity index (χ0) is 12.7. The Hall–Kier alpha value is -1.22. The lowest BCUT2D eigenvalue weighted by atomic mass is 10.1. The Balaban J connectivity index is 2.41. The van der Waals surface area contributed by atoms with Crippen LogP contribution in [0.2, 0.25) is 0 Å². The maximum Gasteiger partial charge on any atom is 0.122 e. The number of hydrogen-bond donors (Lipinski definition) is 2. The van der Waals surface area contributed by atoms with Gasteiger partial charge < -0.3 is 15.8 Å². The summed E-state index contributed by atoms with van der Waals surface area (Å²) in [5.74, 6) is 0.966. The van der Waals surface area contributed by atoms with E-state index in [0.29, 0.717) is 12.6 Å². The molecule has 0 bridgehead atoms. The largest absolute Gasteiger partial charge is 0.494 e. The number of anilines is 1. The number of hydrogen-bond acceptors (Lipinski definition) is 3. The third kappa shape index (κ3) is 5.09. The molecule has 1 aromatic rings. The third-order valence-electron chi connectivity index (χ3n) is 2.64. The molecule has 0 spiro atoms. The Kier molecular flexibility index (Phi) is 5.84. The summed E-state index contributed by atoms with van der Waals surface area (Å²) in [6, 6.07) is 6.49. The normalized spacial score (nSPS) is 12.2. The summed E-state index contributed by atoms with van der Waals surface area (Å²) in [4.78, 5) is 0. The number of nitrogens with one attached hydrogen (secondary N) is 1. The van der Waals surface area contributed by atoms with Gasteiger partial charge in [-0.1, -0.05) is 0 Å². The van der Waals surface area contributed by atoms with Crippen molar-refractivity contribution in [2.75, 3.05) is 18.5 Å². The average Bonchev–Trinajstić information content (AvgIpc) is 2.28. The van der Waals surface area contributed by atoms with E-state index in [-0.39, 0.29) is 0 Å². The summed E-state index contributed by atoms with van der Waals surface area (Å²) < 4.78 is 5.50. The molecule has 0 aliphatic heterocycles. The SMILES string of the molecule is CCOc1ccc(NCCCC(C)N)cc1C.